The largest absolute Gasteiger partial charge is 0.416 e. The summed E-state index contributed by atoms with van der Waals surface area (Å²) in [6.07, 6.45) is -5.23. The Kier molecular flexibility index (Phi) is 6.44. The number of carbonyl (C=O) groups excluding carboxylic acids is 3. The van der Waals surface area contributed by atoms with Crippen molar-refractivity contribution in [2.75, 3.05) is 5.32 Å². The molecule has 1 aliphatic rings. The fourth-order valence-corrected chi connectivity index (χ4v) is 4.17. The van der Waals surface area contributed by atoms with Crippen molar-refractivity contribution in [3.05, 3.63) is 98.6 Å². The van der Waals surface area contributed by atoms with E-state index in [1.165, 1.54) is 18.2 Å². The molecule has 1 aliphatic heterocycles. The van der Waals surface area contributed by atoms with Crippen LogP contribution in [0.5, 0.6) is 0 Å². The van der Waals surface area contributed by atoms with Gasteiger partial charge < -0.3 is 16.4 Å². The monoisotopic (exact) mass is 523 g/mol. The molecule has 3 aromatic carbocycles. The number of fused-ring (bicyclic) bond motifs is 1. The number of nitrogens with one attached hydrogen (secondary N) is 2. The first-order valence-corrected chi connectivity index (χ1v) is 10.6. The maximum atomic E-state index is 14.0. The minimum Gasteiger partial charge on any atom is -0.369 e. The fourth-order valence-electron chi connectivity index (χ4n) is 3.95. The molecule has 3 amide bonds. The van der Waals surface area contributed by atoms with Crippen LogP contribution in [0.4, 0.5) is 27.6 Å². The first-order chi connectivity index (χ1) is 16.8. The molecule has 0 saturated carbocycles. The maximum Gasteiger partial charge on any atom is 0.416 e. The number of benzene rings is 3. The predicted molar refractivity (Wildman–Crippen MR) is 119 cm³/mol. The lowest BCUT2D eigenvalue weighted by atomic mass is 9.93. The SMILES string of the molecule is NC(=O)Cc1cc(NC(=O)c2cc(F)cc(C(F)(F)F)c2)c2c(c1)C(=O)NC2c1cc(F)ccc1Cl. The first kappa shape index (κ1) is 25.1. The Morgan fingerprint density at radius 1 is 1.03 bits per heavy atom. The second-order valence-corrected chi connectivity index (χ2v) is 8.41. The highest BCUT2D eigenvalue weighted by atomic mass is 35.5. The number of hydrogen-bond acceptors (Lipinski definition) is 3. The first-order valence-electron chi connectivity index (χ1n) is 10.2. The Balaban J connectivity index is 1.84. The molecular weight excluding hydrogens is 509 g/mol. The molecule has 0 saturated heterocycles. The number of primary amides is 1. The number of hydrogen-bond donors (Lipinski definition) is 3. The normalized spacial score (nSPS) is 14.8. The predicted octanol–water partition coefficient (Wildman–Crippen LogP) is 4.75. The van der Waals surface area contributed by atoms with Gasteiger partial charge in [-0.2, -0.15) is 13.2 Å². The van der Waals surface area contributed by atoms with Crippen molar-refractivity contribution in [1.82, 2.24) is 5.32 Å². The number of rotatable bonds is 5. The third-order valence-electron chi connectivity index (χ3n) is 5.43. The molecule has 12 heteroatoms. The highest BCUT2D eigenvalue weighted by Crippen LogP contribution is 2.40. The van der Waals surface area contributed by atoms with Crippen molar-refractivity contribution in [1.29, 1.82) is 0 Å². The van der Waals surface area contributed by atoms with E-state index in [0.717, 1.165) is 12.1 Å². The van der Waals surface area contributed by atoms with E-state index in [1.807, 2.05) is 0 Å². The fraction of sp³-hybridized carbons (Fsp3) is 0.125. The topological polar surface area (TPSA) is 101 Å². The van der Waals surface area contributed by atoms with Gasteiger partial charge in [-0.3, -0.25) is 14.4 Å². The van der Waals surface area contributed by atoms with Crippen LogP contribution in [0, 0.1) is 11.6 Å². The quantitative estimate of drug-likeness (QED) is 0.421. The molecule has 0 spiro atoms. The van der Waals surface area contributed by atoms with Gasteiger partial charge in [0.2, 0.25) is 5.91 Å². The Hall–Kier alpha value is -3.99. The van der Waals surface area contributed by atoms with Crippen LogP contribution in [0.15, 0.2) is 48.5 Å². The summed E-state index contributed by atoms with van der Waals surface area (Å²) in [7, 11) is 0. The number of alkyl halides is 3. The van der Waals surface area contributed by atoms with Crippen molar-refractivity contribution in [3.8, 4) is 0 Å². The highest BCUT2D eigenvalue weighted by Gasteiger charge is 2.36. The van der Waals surface area contributed by atoms with Gasteiger partial charge in [0.05, 0.1) is 18.0 Å². The standard InChI is InChI=1S/C24H15ClF5N3O3/c25-17-2-1-13(26)9-15(17)21-20-16(23(36)33-21)3-10(5-19(31)34)4-18(20)32-22(35)11-6-12(24(28,29)30)8-14(27)7-11/h1-4,6-9,21H,5H2,(H2,31,34)(H,32,35)(H,33,36). The zero-order valence-electron chi connectivity index (χ0n) is 18.0. The molecule has 186 valence electrons. The molecule has 6 nitrogen and oxygen atoms in total. The highest BCUT2D eigenvalue weighted by molar-refractivity contribution is 6.31. The molecule has 1 unspecified atom stereocenters. The number of halogens is 6. The van der Waals surface area contributed by atoms with Gasteiger partial charge in [-0.25, -0.2) is 8.78 Å². The van der Waals surface area contributed by atoms with E-state index in [4.69, 9.17) is 17.3 Å². The van der Waals surface area contributed by atoms with Crippen LogP contribution in [0.3, 0.4) is 0 Å². The third-order valence-corrected chi connectivity index (χ3v) is 5.78. The van der Waals surface area contributed by atoms with Crippen molar-refractivity contribution in [2.24, 2.45) is 5.73 Å². The second-order valence-electron chi connectivity index (χ2n) is 8.00. The molecule has 36 heavy (non-hydrogen) atoms. The smallest absolute Gasteiger partial charge is 0.369 e. The maximum absolute atomic E-state index is 14.0. The summed E-state index contributed by atoms with van der Waals surface area (Å²) in [5.41, 5.74) is 3.63. The van der Waals surface area contributed by atoms with Gasteiger partial charge in [0.15, 0.2) is 0 Å². The Labute approximate surface area is 205 Å². The van der Waals surface area contributed by atoms with Crippen molar-refractivity contribution < 1.29 is 36.3 Å². The summed E-state index contributed by atoms with van der Waals surface area (Å²) in [6.45, 7) is 0. The van der Waals surface area contributed by atoms with Gasteiger partial charge in [-0.1, -0.05) is 11.6 Å². The van der Waals surface area contributed by atoms with Crippen molar-refractivity contribution in [3.63, 3.8) is 0 Å². The average Bonchev–Trinajstić information content (AvgIpc) is 3.10. The number of anilines is 1. The van der Waals surface area contributed by atoms with Gasteiger partial charge in [0.25, 0.3) is 11.8 Å². The molecule has 4 N–H and O–H groups in total. The summed E-state index contributed by atoms with van der Waals surface area (Å²) >= 11 is 6.21. The van der Waals surface area contributed by atoms with Gasteiger partial charge in [0, 0.05) is 33.0 Å². The average molecular weight is 524 g/mol. The lowest BCUT2D eigenvalue weighted by Gasteiger charge is -2.19. The van der Waals surface area contributed by atoms with E-state index in [9.17, 15) is 36.3 Å². The third kappa shape index (κ3) is 5.01. The van der Waals surface area contributed by atoms with E-state index in [2.05, 4.69) is 10.6 Å². The van der Waals surface area contributed by atoms with Crippen LogP contribution >= 0.6 is 11.6 Å². The van der Waals surface area contributed by atoms with E-state index < -0.39 is 52.7 Å². The molecule has 0 aromatic heterocycles. The van der Waals surface area contributed by atoms with E-state index in [0.29, 0.717) is 12.1 Å². The van der Waals surface area contributed by atoms with Crippen molar-refractivity contribution in [2.45, 2.75) is 18.6 Å². The summed E-state index contributed by atoms with van der Waals surface area (Å²) < 4.78 is 67.2. The van der Waals surface area contributed by atoms with E-state index >= 15 is 0 Å². The summed E-state index contributed by atoms with van der Waals surface area (Å²) in [6, 6.07) is 6.37. The van der Waals surface area contributed by atoms with Gasteiger partial charge in [-0.05, 0) is 54.1 Å². The van der Waals surface area contributed by atoms with Crippen LogP contribution in [0.2, 0.25) is 5.02 Å². The molecule has 3 aromatic rings. The van der Waals surface area contributed by atoms with Crippen LogP contribution in [0.25, 0.3) is 0 Å². The Morgan fingerprint density at radius 3 is 2.42 bits per heavy atom. The molecule has 1 atom stereocenters. The summed E-state index contributed by atoms with van der Waals surface area (Å²) in [5, 5.41) is 5.08. The molecule has 0 radical (unpaired) electrons. The molecule has 0 fully saturated rings. The molecule has 0 aliphatic carbocycles. The minimum atomic E-state index is -4.91. The zero-order valence-corrected chi connectivity index (χ0v) is 18.7. The molecule has 1 heterocycles. The van der Waals surface area contributed by atoms with E-state index in [-0.39, 0.29) is 45.5 Å². The lowest BCUT2D eigenvalue weighted by Crippen LogP contribution is -2.21. The second kappa shape index (κ2) is 9.23. The molecular formula is C24H15ClF5N3O3. The van der Waals surface area contributed by atoms with Crippen LogP contribution < -0.4 is 16.4 Å². The minimum absolute atomic E-state index is 0.00426. The van der Waals surface area contributed by atoms with Crippen LogP contribution in [0.1, 0.15) is 49.0 Å². The Bertz CT molecular complexity index is 1420. The number of amides is 3. The summed E-state index contributed by atoms with van der Waals surface area (Å²) in [5.74, 6) is -4.46. The van der Waals surface area contributed by atoms with Gasteiger partial charge in [-0.15, -0.1) is 0 Å². The zero-order chi connectivity index (χ0) is 26.4. The number of carbonyl (C=O) groups is 3. The molecule has 4 rings (SSSR count). The Morgan fingerprint density at radius 2 is 1.75 bits per heavy atom. The molecule has 0 bridgehead atoms. The van der Waals surface area contributed by atoms with Crippen LogP contribution in [-0.2, 0) is 17.4 Å². The van der Waals surface area contributed by atoms with Gasteiger partial charge >= 0.3 is 6.18 Å². The lowest BCUT2D eigenvalue weighted by molar-refractivity contribution is -0.137. The summed E-state index contributed by atoms with van der Waals surface area (Å²) in [4.78, 5) is 37.1. The van der Waals surface area contributed by atoms with Crippen LogP contribution in [-0.4, -0.2) is 17.7 Å². The van der Waals surface area contributed by atoms with Gasteiger partial charge in [0.1, 0.15) is 11.6 Å². The number of nitrogens with two attached hydrogens (primary N) is 1. The van der Waals surface area contributed by atoms with Crippen molar-refractivity contribution >= 4 is 35.0 Å². The van der Waals surface area contributed by atoms with E-state index in [1.54, 1.807) is 0 Å².